The Kier molecular flexibility index (Phi) is 33.1. The summed E-state index contributed by atoms with van der Waals surface area (Å²) in [5.74, 6) is -3.51. The molecule has 0 spiro atoms. The summed E-state index contributed by atoms with van der Waals surface area (Å²) in [6.45, 7) is -5.77. The van der Waals surface area contributed by atoms with Crippen LogP contribution >= 0.6 is 0 Å². The number of nitrogens with one attached hydrogen (secondary N) is 4. The lowest BCUT2D eigenvalue weighted by Crippen LogP contribution is -2.71. The molecule has 9 fully saturated rings. The molecule has 9 aliphatic rings. The summed E-state index contributed by atoms with van der Waals surface area (Å²) in [6, 6.07) is -7.21. The predicted octanol–water partition coefficient (Wildman–Crippen LogP) is -20.1. The van der Waals surface area contributed by atoms with Crippen molar-refractivity contribution in [3.05, 3.63) is 0 Å². The minimum absolute atomic E-state index is 0.789. The van der Waals surface area contributed by atoms with Gasteiger partial charge in [-0.3, -0.25) is 19.2 Å². The van der Waals surface area contributed by atoms with E-state index in [4.69, 9.17) is 80.5 Å². The Hall–Kier alpha value is -3.80. The molecular formula is C62H104N4O46. The molecule has 9 heterocycles. The Labute approximate surface area is 634 Å². The Bertz CT molecular complexity index is 2970. The van der Waals surface area contributed by atoms with E-state index in [1.807, 2.05) is 0 Å². The fourth-order valence-corrected chi connectivity index (χ4v) is 14.4. The Balaban J connectivity index is 1.06. The monoisotopic (exact) mass is 1640 g/mol. The molecule has 29 N–H and O–H groups in total. The number of hydrogen-bond donors (Lipinski definition) is 29. The second-order valence-electron chi connectivity index (χ2n) is 28.2. The maximum Gasteiger partial charge on any atom is 0.217 e. The molecule has 648 valence electrons. The molecule has 0 aromatic rings. The van der Waals surface area contributed by atoms with Crippen LogP contribution in [0.3, 0.4) is 0 Å². The molecule has 45 atom stereocenters. The first-order valence-corrected chi connectivity index (χ1v) is 35.6. The van der Waals surface area contributed by atoms with Gasteiger partial charge >= 0.3 is 0 Å². The van der Waals surface area contributed by atoms with Crippen LogP contribution in [0.4, 0.5) is 0 Å². The van der Waals surface area contributed by atoms with Gasteiger partial charge in [0.1, 0.15) is 219 Å². The van der Waals surface area contributed by atoms with Gasteiger partial charge in [0.25, 0.3) is 0 Å². The smallest absolute Gasteiger partial charge is 0.217 e. The zero-order valence-corrected chi connectivity index (χ0v) is 60.1. The second kappa shape index (κ2) is 40.3. The Morgan fingerprint density at radius 2 is 0.491 bits per heavy atom. The fourth-order valence-electron chi connectivity index (χ4n) is 14.4. The van der Waals surface area contributed by atoms with Gasteiger partial charge in [-0.05, 0) is 0 Å². The lowest BCUT2D eigenvalue weighted by Gasteiger charge is -2.51. The van der Waals surface area contributed by atoms with Crippen molar-refractivity contribution in [1.82, 2.24) is 21.3 Å². The van der Waals surface area contributed by atoms with E-state index in [1.165, 1.54) is 0 Å². The van der Waals surface area contributed by atoms with Crippen LogP contribution in [0.2, 0.25) is 0 Å². The lowest BCUT2D eigenvalue weighted by molar-refractivity contribution is -0.397. The highest BCUT2D eigenvalue weighted by Crippen LogP contribution is 2.40. The van der Waals surface area contributed by atoms with Gasteiger partial charge in [-0.2, -0.15) is 0 Å². The van der Waals surface area contributed by atoms with Crippen molar-refractivity contribution in [2.45, 2.75) is 304 Å². The molecule has 112 heavy (non-hydrogen) atoms. The molecule has 50 heteroatoms. The van der Waals surface area contributed by atoms with Crippen molar-refractivity contribution in [2.24, 2.45) is 0 Å². The molecule has 0 unspecified atom stereocenters. The minimum Gasteiger partial charge on any atom is -0.394 e. The molecule has 9 aliphatic heterocycles. The highest BCUT2D eigenvalue weighted by molar-refractivity contribution is 5.74. The van der Waals surface area contributed by atoms with Gasteiger partial charge in [-0.15, -0.1) is 0 Å². The van der Waals surface area contributed by atoms with Gasteiger partial charge in [0.15, 0.2) is 56.6 Å². The number of ether oxygens (including phenoxy) is 17. The zero-order chi connectivity index (χ0) is 82.5. The third-order valence-electron chi connectivity index (χ3n) is 20.3. The average molecular weight is 1640 g/mol. The number of amides is 4. The van der Waals surface area contributed by atoms with E-state index in [0.29, 0.717) is 0 Å². The first-order valence-electron chi connectivity index (χ1n) is 35.6. The summed E-state index contributed by atoms with van der Waals surface area (Å²) < 4.78 is 100. The molecule has 0 aliphatic carbocycles. The highest BCUT2D eigenvalue weighted by atomic mass is 16.8. The maximum atomic E-state index is 13.0. The number of carbonyl (C=O) groups excluding carboxylic acids is 4. The van der Waals surface area contributed by atoms with Gasteiger partial charge < -0.3 is 229 Å². The van der Waals surface area contributed by atoms with Crippen molar-refractivity contribution in [2.75, 3.05) is 59.5 Å². The van der Waals surface area contributed by atoms with Crippen LogP contribution in [-0.2, 0) is 99.7 Å². The van der Waals surface area contributed by atoms with Crippen molar-refractivity contribution in [3.63, 3.8) is 0 Å². The van der Waals surface area contributed by atoms with E-state index >= 15 is 0 Å². The fraction of sp³-hybridized carbons (Fsp3) is 0.935. The zero-order valence-electron chi connectivity index (χ0n) is 60.1. The third-order valence-corrected chi connectivity index (χ3v) is 20.3. The topological polar surface area (TPSA) is 779 Å². The Morgan fingerprint density at radius 3 is 0.911 bits per heavy atom. The SMILES string of the molecule is CC(=O)N[C@@H]1[C@@H](O)[C@H](O[C@@H]2O[C@H](CO)[C@@H](O[C@@H]3O[C@H](CO[C@H]4O[C@H](CO[C@H]5O[C@H](CO)[C@@H](O)[C@H](O)[C@@H]5O)[C@@H](O)[C@H](O[C@H]5O[C@H](CO)[C@@H](O)[C@H](O)[C@@H]5O)[C@@H]4O)[C@@H](O)[C@H](O[C@H]4O[C@H](CO)[C@@H](O)[C@H](O)[C@@H]4O[C@@H]4O[C@H](CO)[C@@H](O[C@@H]5O[C@H](CO)[C@H](O)[C@H](O)[C@H]5NC(C)=O)[C@H](O)[C@H]4NC(C)=O)[C@@H]3O)[C@H](O)[C@H]2NC(C)=O)[C@@H](CO)O[C@H]1O. The van der Waals surface area contributed by atoms with Gasteiger partial charge in [0.05, 0.1) is 59.5 Å². The summed E-state index contributed by atoms with van der Waals surface area (Å²) in [6.07, 6.45) is -85.4. The summed E-state index contributed by atoms with van der Waals surface area (Å²) in [4.78, 5) is 50.5. The van der Waals surface area contributed by atoms with Crippen molar-refractivity contribution in [3.8, 4) is 0 Å². The van der Waals surface area contributed by atoms with Crippen molar-refractivity contribution in [1.29, 1.82) is 0 Å². The first kappa shape index (κ1) is 92.1. The molecule has 0 bridgehead atoms. The lowest BCUT2D eigenvalue weighted by atomic mass is 9.93. The standard InChI is InChI=1S/C62H104N4O46/c1-14(74)63-27-38(85)48(22(9-71)98-54(27)95)107-56-29(65-16(3)76)40(87)50(24(11-73)103-56)109-61-47(94)52(36(83)26(106-61)13-97-59-46(93)51(110-60-45(92)42(89)33(80)20(7-69)101-60)35(82)25(105-59)12-96-58-44(91)41(88)32(79)19(6-68)100-58)111-62-53(43(90)34(81)21(8-70)102-62)112-57-30(66-17(4)77)39(86)49(23(10-72)104-57)108-55-28(64-15(2)75)37(84)31(78)18(5-67)99-55/h18-62,67-73,78-95H,5-13H2,1-4H3,(H,63,74)(H,64,75)(H,65,76)(H,66,77)/t18-,19-,20-,21-,22-,23-,24-,25-,26-,27-,28-,29-,30-,31+,32-,33-,34-,35-,36-,37-,38-,39-,40-,41+,42+,43+,44+,45+,46+,47+,48-,49-,50-,51+,52+,53+,54-,55+,56+,57+,58+,59+,60-,61+,62-/m1/s1. The number of carbonyl (C=O) groups is 4. The molecule has 9 rings (SSSR count). The van der Waals surface area contributed by atoms with Crippen LogP contribution in [0.15, 0.2) is 0 Å². The summed E-state index contributed by atoms with van der Waals surface area (Å²) in [5, 5.41) is 287. The van der Waals surface area contributed by atoms with Gasteiger partial charge in [0, 0.05) is 27.7 Å². The quantitative estimate of drug-likeness (QED) is 0.0331. The van der Waals surface area contributed by atoms with Gasteiger partial charge in [0.2, 0.25) is 23.6 Å². The van der Waals surface area contributed by atoms with Crippen molar-refractivity contribution >= 4 is 23.6 Å². The average Bonchev–Trinajstić information content (AvgIpc) is 0.761. The number of aliphatic hydroxyl groups excluding tert-OH is 25. The highest BCUT2D eigenvalue weighted by Gasteiger charge is 2.61. The first-order chi connectivity index (χ1) is 53.0. The van der Waals surface area contributed by atoms with Crippen molar-refractivity contribution < 1.29 is 227 Å². The van der Waals surface area contributed by atoms with Crippen LogP contribution in [0.5, 0.6) is 0 Å². The molecule has 0 saturated carbocycles. The number of hydrogen-bond acceptors (Lipinski definition) is 46. The maximum absolute atomic E-state index is 13.0. The van der Waals surface area contributed by atoms with Gasteiger partial charge in [-0.1, -0.05) is 0 Å². The molecule has 0 aromatic carbocycles. The van der Waals surface area contributed by atoms with Gasteiger partial charge in [-0.25, -0.2) is 0 Å². The van der Waals surface area contributed by atoms with E-state index in [0.717, 1.165) is 27.7 Å². The van der Waals surface area contributed by atoms with Crippen LogP contribution in [0, 0.1) is 0 Å². The van der Waals surface area contributed by atoms with E-state index in [9.17, 15) is 147 Å². The van der Waals surface area contributed by atoms with Crippen LogP contribution < -0.4 is 21.3 Å². The molecule has 4 amide bonds. The van der Waals surface area contributed by atoms with E-state index < -0.39 is 359 Å². The third kappa shape index (κ3) is 20.4. The molecule has 0 aromatic heterocycles. The summed E-state index contributed by atoms with van der Waals surface area (Å²) >= 11 is 0. The van der Waals surface area contributed by atoms with Crippen LogP contribution in [0.1, 0.15) is 27.7 Å². The minimum atomic E-state index is -2.58. The summed E-state index contributed by atoms with van der Waals surface area (Å²) in [7, 11) is 0. The Morgan fingerprint density at radius 1 is 0.232 bits per heavy atom. The van der Waals surface area contributed by atoms with E-state index in [2.05, 4.69) is 21.3 Å². The summed E-state index contributed by atoms with van der Waals surface area (Å²) in [5.41, 5.74) is 0. The van der Waals surface area contributed by atoms with E-state index in [1.54, 1.807) is 0 Å². The molecule has 50 nitrogen and oxygen atoms in total. The largest absolute Gasteiger partial charge is 0.394 e. The molecule has 0 radical (unpaired) electrons. The normalized spacial score (nSPS) is 48.9. The number of aliphatic hydroxyl groups is 25. The predicted molar refractivity (Wildman–Crippen MR) is 343 cm³/mol. The second-order valence-corrected chi connectivity index (χ2v) is 28.2. The van der Waals surface area contributed by atoms with E-state index in [-0.39, 0.29) is 0 Å². The van der Waals surface area contributed by atoms with Crippen LogP contribution in [-0.4, -0.2) is 487 Å². The molecule has 9 saturated heterocycles. The molecular weight excluding hydrogens is 1540 g/mol. The van der Waals surface area contributed by atoms with Crippen LogP contribution in [0.25, 0.3) is 0 Å². The number of rotatable bonds is 29.